The minimum Gasteiger partial charge on any atom is -0.382 e. The number of ether oxygens (including phenoxy) is 3. The van der Waals surface area contributed by atoms with E-state index < -0.39 is 38.7 Å². The van der Waals surface area contributed by atoms with Crippen LogP contribution in [0, 0.1) is 0 Å². The second kappa shape index (κ2) is 7.92. The van der Waals surface area contributed by atoms with Gasteiger partial charge in [0, 0.05) is 6.42 Å². The van der Waals surface area contributed by atoms with Crippen molar-refractivity contribution in [2.75, 3.05) is 12.3 Å². The molecule has 2 aliphatic heterocycles. The van der Waals surface area contributed by atoms with Crippen molar-refractivity contribution < 1.29 is 33.1 Å². The van der Waals surface area contributed by atoms with Crippen LogP contribution in [0.1, 0.15) is 11.8 Å². The predicted octanol–water partition coefficient (Wildman–Crippen LogP) is 0.768. The normalized spacial score (nSPS) is 28.3. The fraction of sp³-hybridized carbons (Fsp3) is 0.389. The lowest BCUT2D eigenvalue weighted by atomic mass is 10.1. The minimum absolute atomic E-state index is 0.227. The third-order valence-electron chi connectivity index (χ3n) is 5.22. The van der Waals surface area contributed by atoms with Gasteiger partial charge in [0.15, 0.2) is 24.0 Å². The predicted molar refractivity (Wildman–Crippen MR) is 105 cm³/mol. The molecule has 31 heavy (non-hydrogen) atoms. The summed E-state index contributed by atoms with van der Waals surface area (Å²) in [4.78, 5) is 30.6. The Kier molecular flexibility index (Phi) is 5.22. The quantitative estimate of drug-likeness (QED) is 0.455. The first-order valence-corrected chi connectivity index (χ1v) is 11.1. The maximum absolute atomic E-state index is 11.2. The number of aromatic nitrogens is 4. The van der Waals surface area contributed by atoms with Crippen LogP contribution in [0.4, 0.5) is 5.82 Å². The first-order chi connectivity index (χ1) is 14.9. The van der Waals surface area contributed by atoms with Gasteiger partial charge in [-0.1, -0.05) is 30.3 Å². The highest BCUT2D eigenvalue weighted by Gasteiger charge is 2.54. The standard InChI is InChI=1S/C18H20N5O7P/c19-16-13-17(21-8-20-16)23(9-22-13)18-15-14(11(28-18)7-27-31(24,25)26)29-12(30-15)6-10-4-2-1-3-5-10/h1-5,8-9,11-12,14-15,18H,6-7H2,(H2,19,20,21)(H2,24,25,26)/t11-,12-,14-,15-,18-/m1/s1. The lowest BCUT2D eigenvalue weighted by Crippen LogP contribution is -2.31. The largest absolute Gasteiger partial charge is 0.469 e. The van der Waals surface area contributed by atoms with Crippen molar-refractivity contribution in [2.24, 2.45) is 0 Å². The molecular formula is C18H20N5O7P. The Labute approximate surface area is 176 Å². The average Bonchev–Trinajstić information content (AvgIpc) is 3.41. The van der Waals surface area contributed by atoms with Gasteiger partial charge in [0.25, 0.3) is 0 Å². The highest BCUT2D eigenvalue weighted by molar-refractivity contribution is 7.46. The van der Waals surface area contributed by atoms with E-state index in [0.717, 1.165) is 5.56 Å². The highest BCUT2D eigenvalue weighted by atomic mass is 31.2. The van der Waals surface area contributed by atoms with Crippen molar-refractivity contribution in [3.8, 4) is 0 Å². The molecule has 5 rings (SSSR count). The van der Waals surface area contributed by atoms with Gasteiger partial charge < -0.3 is 29.7 Å². The van der Waals surface area contributed by atoms with Gasteiger partial charge in [-0.15, -0.1) is 0 Å². The molecule has 0 unspecified atom stereocenters. The van der Waals surface area contributed by atoms with Crippen LogP contribution in [-0.4, -0.2) is 60.5 Å². The second-order valence-electron chi connectivity index (χ2n) is 7.26. The first-order valence-electron chi connectivity index (χ1n) is 9.52. The SMILES string of the molecule is Nc1ncnc2c1ncn2[C@@H]1O[C@H](COP(=O)(O)O)[C@H]2O[C@@H](Cc3ccccc3)O[C@H]21. The minimum atomic E-state index is -4.68. The third-order valence-corrected chi connectivity index (χ3v) is 5.70. The van der Waals surface area contributed by atoms with Gasteiger partial charge in [0.05, 0.1) is 12.9 Å². The van der Waals surface area contributed by atoms with E-state index in [4.69, 9.17) is 29.7 Å². The van der Waals surface area contributed by atoms with Gasteiger partial charge in [-0.25, -0.2) is 19.5 Å². The molecule has 2 saturated heterocycles. The smallest absolute Gasteiger partial charge is 0.382 e. The van der Waals surface area contributed by atoms with E-state index in [1.54, 1.807) is 4.57 Å². The zero-order valence-electron chi connectivity index (χ0n) is 16.1. The molecule has 2 aliphatic rings. The summed E-state index contributed by atoms with van der Waals surface area (Å²) in [6.07, 6.45) is 0.103. The van der Waals surface area contributed by atoms with Crippen molar-refractivity contribution >= 4 is 24.8 Å². The van der Waals surface area contributed by atoms with Crippen LogP contribution in [0.25, 0.3) is 11.2 Å². The van der Waals surface area contributed by atoms with Crippen molar-refractivity contribution in [2.45, 2.75) is 37.3 Å². The fourth-order valence-electron chi connectivity index (χ4n) is 3.89. The zero-order valence-corrected chi connectivity index (χ0v) is 17.0. The van der Waals surface area contributed by atoms with Gasteiger partial charge in [-0.05, 0) is 5.56 Å². The summed E-state index contributed by atoms with van der Waals surface area (Å²) in [5.74, 6) is 0.227. The number of anilines is 1. The number of benzene rings is 1. The number of imidazole rings is 1. The molecule has 13 heteroatoms. The number of nitrogens with zero attached hydrogens (tertiary/aromatic N) is 4. The second-order valence-corrected chi connectivity index (χ2v) is 8.49. The third kappa shape index (κ3) is 4.06. The summed E-state index contributed by atoms with van der Waals surface area (Å²) in [6.45, 7) is -0.368. The Balaban J connectivity index is 1.43. The number of phosphoric ester groups is 1. The number of phosphoric acid groups is 1. The molecule has 0 amide bonds. The number of fused-ring (bicyclic) bond motifs is 2. The lowest BCUT2D eigenvalue weighted by Gasteiger charge is -2.21. The topological polar surface area (TPSA) is 164 Å². The van der Waals surface area contributed by atoms with E-state index >= 15 is 0 Å². The van der Waals surface area contributed by atoms with Gasteiger partial charge >= 0.3 is 7.82 Å². The molecule has 5 atom stereocenters. The van der Waals surface area contributed by atoms with Crippen LogP contribution in [0.3, 0.4) is 0 Å². The van der Waals surface area contributed by atoms with Gasteiger partial charge in [0.2, 0.25) is 0 Å². The maximum Gasteiger partial charge on any atom is 0.469 e. The molecule has 0 spiro atoms. The van der Waals surface area contributed by atoms with Crippen LogP contribution in [-0.2, 0) is 29.7 Å². The molecule has 4 N–H and O–H groups in total. The van der Waals surface area contributed by atoms with Gasteiger partial charge in [0.1, 0.15) is 30.2 Å². The summed E-state index contributed by atoms with van der Waals surface area (Å²) in [7, 11) is -4.68. The Bertz CT molecular complexity index is 1120. The van der Waals surface area contributed by atoms with Crippen molar-refractivity contribution in [1.29, 1.82) is 0 Å². The molecule has 1 aromatic carbocycles. The van der Waals surface area contributed by atoms with Crippen LogP contribution >= 0.6 is 7.82 Å². The molecule has 4 heterocycles. The maximum atomic E-state index is 11.2. The van der Waals surface area contributed by atoms with Crippen molar-refractivity contribution in [1.82, 2.24) is 19.5 Å². The number of nitrogens with two attached hydrogens (primary N) is 1. The van der Waals surface area contributed by atoms with Crippen molar-refractivity contribution in [3.05, 3.63) is 48.5 Å². The zero-order chi connectivity index (χ0) is 21.6. The van der Waals surface area contributed by atoms with E-state index in [2.05, 4.69) is 19.5 Å². The van der Waals surface area contributed by atoms with Crippen molar-refractivity contribution in [3.63, 3.8) is 0 Å². The van der Waals surface area contributed by atoms with E-state index in [1.165, 1.54) is 12.7 Å². The molecule has 12 nitrogen and oxygen atoms in total. The Morgan fingerprint density at radius 1 is 1.10 bits per heavy atom. The molecular weight excluding hydrogens is 429 g/mol. The molecule has 2 fully saturated rings. The Hall–Kier alpha value is -2.44. The number of hydrogen-bond donors (Lipinski definition) is 3. The summed E-state index contributed by atoms with van der Waals surface area (Å²) < 4.78 is 35.8. The Morgan fingerprint density at radius 2 is 1.87 bits per heavy atom. The molecule has 0 aliphatic carbocycles. The lowest BCUT2D eigenvalue weighted by molar-refractivity contribution is -0.149. The van der Waals surface area contributed by atoms with Crippen LogP contribution in [0.15, 0.2) is 43.0 Å². The average molecular weight is 449 g/mol. The molecule has 0 saturated carbocycles. The van der Waals surface area contributed by atoms with Crippen LogP contribution in [0.5, 0.6) is 0 Å². The van der Waals surface area contributed by atoms with E-state index in [1.807, 2.05) is 30.3 Å². The number of hydrogen-bond acceptors (Lipinski definition) is 9. The fourth-order valence-corrected chi connectivity index (χ4v) is 4.23. The van der Waals surface area contributed by atoms with Crippen LogP contribution in [0.2, 0.25) is 0 Å². The highest BCUT2D eigenvalue weighted by Crippen LogP contribution is 2.43. The number of nitrogen functional groups attached to an aromatic ring is 1. The van der Waals surface area contributed by atoms with E-state index in [-0.39, 0.29) is 12.4 Å². The van der Waals surface area contributed by atoms with E-state index in [9.17, 15) is 4.57 Å². The molecule has 164 valence electrons. The monoisotopic (exact) mass is 449 g/mol. The molecule has 0 bridgehead atoms. The summed E-state index contributed by atoms with van der Waals surface area (Å²) in [5.41, 5.74) is 7.77. The molecule has 2 aromatic heterocycles. The summed E-state index contributed by atoms with van der Waals surface area (Å²) in [5, 5.41) is 0. The Morgan fingerprint density at radius 3 is 2.65 bits per heavy atom. The first kappa shape index (κ1) is 20.5. The summed E-state index contributed by atoms with van der Waals surface area (Å²) in [6, 6.07) is 9.70. The van der Waals surface area contributed by atoms with Crippen LogP contribution < -0.4 is 5.73 Å². The van der Waals surface area contributed by atoms with E-state index in [0.29, 0.717) is 17.6 Å². The number of rotatable bonds is 6. The summed E-state index contributed by atoms with van der Waals surface area (Å²) >= 11 is 0. The molecule has 3 aromatic rings. The van der Waals surface area contributed by atoms with Gasteiger partial charge in [-0.3, -0.25) is 9.09 Å². The molecule has 0 radical (unpaired) electrons. The van der Waals surface area contributed by atoms with Gasteiger partial charge in [-0.2, -0.15) is 0 Å².